The minimum atomic E-state index is -4.13. The predicted octanol–water partition coefficient (Wildman–Crippen LogP) is 3.06. The van der Waals surface area contributed by atoms with E-state index in [0.29, 0.717) is 17.6 Å². The first-order valence-electron chi connectivity index (χ1n) is 6.95. The zero-order chi connectivity index (χ0) is 18.0. The predicted molar refractivity (Wildman–Crippen MR) is 87.7 cm³/mol. The van der Waals surface area contributed by atoms with E-state index in [9.17, 15) is 17.2 Å². The van der Waals surface area contributed by atoms with Crippen molar-refractivity contribution in [1.29, 1.82) is 0 Å². The monoisotopic (exact) mass is 384 g/mol. The number of sulfonamides is 1. The molecule has 130 valence electrons. The Bertz CT molecular complexity index is 1020. The number of benzene rings is 2. The highest BCUT2D eigenvalue weighted by atomic mass is 35.5. The summed E-state index contributed by atoms with van der Waals surface area (Å²) in [5, 5.41) is 4.56. The van der Waals surface area contributed by atoms with Crippen LogP contribution in [0.15, 0.2) is 53.7 Å². The molecule has 2 aromatic carbocycles. The molecule has 0 radical (unpaired) electrons. The van der Waals surface area contributed by atoms with Crippen LogP contribution in [0.25, 0.3) is 0 Å². The molecule has 0 bridgehead atoms. The van der Waals surface area contributed by atoms with Crippen LogP contribution in [-0.4, -0.2) is 23.2 Å². The van der Waals surface area contributed by atoms with E-state index in [1.54, 1.807) is 18.2 Å². The summed E-state index contributed by atoms with van der Waals surface area (Å²) in [6.45, 7) is 0.334. The first kappa shape index (κ1) is 17.3. The van der Waals surface area contributed by atoms with Gasteiger partial charge in [0.2, 0.25) is 0 Å². The normalized spacial score (nSPS) is 11.5. The molecule has 0 fully saturated rings. The van der Waals surface area contributed by atoms with E-state index in [-0.39, 0.29) is 5.95 Å². The zero-order valence-electron chi connectivity index (χ0n) is 12.5. The highest BCUT2D eigenvalue weighted by molar-refractivity contribution is 7.92. The minimum Gasteiger partial charge on any atom is -0.246 e. The van der Waals surface area contributed by atoms with Crippen molar-refractivity contribution in [2.75, 3.05) is 4.72 Å². The fourth-order valence-electron chi connectivity index (χ4n) is 2.06. The van der Waals surface area contributed by atoms with Crippen LogP contribution >= 0.6 is 11.6 Å². The van der Waals surface area contributed by atoms with Crippen LogP contribution in [0.5, 0.6) is 0 Å². The van der Waals surface area contributed by atoms with Crippen molar-refractivity contribution in [3.63, 3.8) is 0 Å². The molecule has 0 aliphatic heterocycles. The molecule has 0 aliphatic rings. The maximum atomic E-state index is 13.2. The average molecular weight is 385 g/mol. The summed E-state index contributed by atoms with van der Waals surface area (Å²) >= 11 is 5.90. The molecule has 0 amide bonds. The Hall–Kier alpha value is -2.52. The second-order valence-corrected chi connectivity index (χ2v) is 7.20. The summed E-state index contributed by atoms with van der Waals surface area (Å²) in [5.74, 6) is -2.59. The highest BCUT2D eigenvalue weighted by Gasteiger charge is 2.18. The number of rotatable bonds is 5. The van der Waals surface area contributed by atoms with Crippen LogP contribution in [-0.2, 0) is 16.6 Å². The first-order valence-corrected chi connectivity index (χ1v) is 8.81. The third-order valence-electron chi connectivity index (χ3n) is 3.20. The van der Waals surface area contributed by atoms with Crippen molar-refractivity contribution in [2.24, 2.45) is 0 Å². The molecule has 3 aromatic rings. The largest absolute Gasteiger partial charge is 0.264 e. The maximum absolute atomic E-state index is 13.2. The molecule has 1 aromatic heterocycles. The number of nitrogens with one attached hydrogen (secondary N) is 1. The lowest BCUT2D eigenvalue weighted by Crippen LogP contribution is -2.15. The highest BCUT2D eigenvalue weighted by Crippen LogP contribution is 2.17. The molecule has 10 heteroatoms. The van der Waals surface area contributed by atoms with E-state index < -0.39 is 26.6 Å². The first-order chi connectivity index (χ1) is 11.8. The third kappa shape index (κ3) is 4.12. The smallest absolute Gasteiger partial charge is 0.246 e. The molecule has 3 rings (SSSR count). The molecule has 6 nitrogen and oxygen atoms in total. The average Bonchev–Trinajstić information content (AvgIpc) is 2.96. The fraction of sp³-hybridized carbons (Fsp3) is 0.0667. The van der Waals surface area contributed by atoms with Gasteiger partial charge in [-0.3, -0.25) is 0 Å². The molecule has 1 heterocycles. The second kappa shape index (κ2) is 6.77. The van der Waals surface area contributed by atoms with Gasteiger partial charge in [0, 0.05) is 5.02 Å². The Morgan fingerprint density at radius 2 is 1.92 bits per heavy atom. The summed E-state index contributed by atoms with van der Waals surface area (Å²) in [6.07, 6.45) is 1.34. The Morgan fingerprint density at radius 1 is 1.12 bits per heavy atom. The van der Waals surface area contributed by atoms with Crippen molar-refractivity contribution in [3.05, 3.63) is 71.0 Å². The molecule has 25 heavy (non-hydrogen) atoms. The van der Waals surface area contributed by atoms with Gasteiger partial charge in [-0.2, -0.15) is 4.98 Å². The van der Waals surface area contributed by atoms with Gasteiger partial charge in [0.25, 0.3) is 16.0 Å². The third-order valence-corrected chi connectivity index (χ3v) is 4.76. The van der Waals surface area contributed by atoms with E-state index >= 15 is 0 Å². The number of hydrogen-bond donors (Lipinski definition) is 1. The molecule has 0 atom stereocenters. The van der Waals surface area contributed by atoms with Gasteiger partial charge in [-0.05, 0) is 35.9 Å². The van der Waals surface area contributed by atoms with Gasteiger partial charge in [0.15, 0.2) is 11.6 Å². The summed E-state index contributed by atoms with van der Waals surface area (Å²) in [5.41, 5.74) is 0.854. The molecular formula is C15H11ClF2N4O2S. The molecule has 0 saturated carbocycles. The van der Waals surface area contributed by atoms with E-state index in [4.69, 9.17) is 11.6 Å². The van der Waals surface area contributed by atoms with Gasteiger partial charge in [-0.15, -0.1) is 5.10 Å². The minimum absolute atomic E-state index is 0.188. The van der Waals surface area contributed by atoms with Crippen LogP contribution in [0.2, 0.25) is 5.02 Å². The van der Waals surface area contributed by atoms with Crippen molar-refractivity contribution in [3.8, 4) is 0 Å². The number of anilines is 1. The fourth-order valence-corrected chi connectivity index (χ4v) is 3.23. The van der Waals surface area contributed by atoms with E-state index in [2.05, 4.69) is 14.8 Å². The lowest BCUT2D eigenvalue weighted by Gasteiger charge is -2.05. The summed E-state index contributed by atoms with van der Waals surface area (Å²) in [6, 6.07) is 9.35. The molecular weight excluding hydrogens is 374 g/mol. The molecule has 0 saturated heterocycles. The number of halogens is 3. The van der Waals surface area contributed by atoms with Gasteiger partial charge in [-0.25, -0.2) is 26.6 Å². The van der Waals surface area contributed by atoms with Gasteiger partial charge in [0.05, 0.1) is 11.4 Å². The van der Waals surface area contributed by atoms with Gasteiger partial charge >= 0.3 is 0 Å². The number of nitrogens with zero attached hydrogens (tertiary/aromatic N) is 3. The van der Waals surface area contributed by atoms with Crippen molar-refractivity contribution >= 4 is 27.6 Å². The summed E-state index contributed by atoms with van der Waals surface area (Å²) in [4.78, 5) is 3.41. The lowest BCUT2D eigenvalue weighted by atomic mass is 10.2. The quantitative estimate of drug-likeness (QED) is 0.733. The number of hydrogen-bond acceptors (Lipinski definition) is 4. The van der Waals surface area contributed by atoms with Crippen LogP contribution in [0, 0.1) is 11.6 Å². The van der Waals surface area contributed by atoms with Gasteiger partial charge in [-0.1, -0.05) is 23.7 Å². The van der Waals surface area contributed by atoms with Gasteiger partial charge < -0.3 is 0 Å². The van der Waals surface area contributed by atoms with Gasteiger partial charge in [0.1, 0.15) is 6.33 Å². The number of aromatic nitrogens is 3. The van der Waals surface area contributed by atoms with Crippen LogP contribution in [0.3, 0.4) is 0 Å². The van der Waals surface area contributed by atoms with E-state index in [0.717, 1.165) is 17.7 Å². The summed E-state index contributed by atoms with van der Waals surface area (Å²) < 4.78 is 54.0. The van der Waals surface area contributed by atoms with E-state index in [1.165, 1.54) is 11.0 Å². The van der Waals surface area contributed by atoms with Crippen LogP contribution in [0.4, 0.5) is 14.7 Å². The zero-order valence-corrected chi connectivity index (χ0v) is 14.1. The van der Waals surface area contributed by atoms with E-state index in [1.807, 2.05) is 6.07 Å². The molecule has 0 spiro atoms. The Balaban J connectivity index is 1.77. The SMILES string of the molecule is O=S(=O)(Nc1ncn(Cc2cccc(Cl)c2)n1)c1ccc(F)c(F)c1. The second-order valence-electron chi connectivity index (χ2n) is 5.08. The topological polar surface area (TPSA) is 76.9 Å². The van der Waals surface area contributed by atoms with Crippen LogP contribution in [0.1, 0.15) is 5.56 Å². The molecule has 1 N–H and O–H groups in total. The Labute approximate surface area is 147 Å². The van der Waals surface area contributed by atoms with Crippen LogP contribution < -0.4 is 4.72 Å². The van der Waals surface area contributed by atoms with Crippen molar-refractivity contribution in [1.82, 2.24) is 14.8 Å². The Kier molecular flexibility index (Phi) is 4.69. The maximum Gasteiger partial charge on any atom is 0.264 e. The van der Waals surface area contributed by atoms with Crippen molar-refractivity contribution < 1.29 is 17.2 Å². The van der Waals surface area contributed by atoms with Crippen molar-refractivity contribution in [2.45, 2.75) is 11.4 Å². The molecule has 0 aliphatic carbocycles. The standard InChI is InChI=1S/C15H11ClF2N4O2S/c16-11-3-1-2-10(6-11)8-22-9-19-15(20-22)21-25(23,24)12-4-5-13(17)14(18)7-12/h1-7,9H,8H2,(H,20,21). The summed E-state index contributed by atoms with van der Waals surface area (Å²) in [7, 11) is -4.13. The molecule has 0 unspecified atom stereocenters. The lowest BCUT2D eigenvalue weighted by molar-refractivity contribution is 0.504. The Morgan fingerprint density at radius 3 is 2.64 bits per heavy atom.